The van der Waals surface area contributed by atoms with E-state index in [0.29, 0.717) is 18.8 Å². The Hall–Kier alpha value is -1.75. The van der Waals surface area contributed by atoms with Crippen molar-refractivity contribution in [3.63, 3.8) is 0 Å². The predicted octanol–water partition coefficient (Wildman–Crippen LogP) is 2.99. The molecule has 0 spiro atoms. The minimum absolute atomic E-state index is 0.0104. The van der Waals surface area contributed by atoms with Gasteiger partial charge in [0.25, 0.3) is 0 Å². The number of aliphatic hydroxyl groups excluding tert-OH is 1. The summed E-state index contributed by atoms with van der Waals surface area (Å²) in [6.45, 7) is 6.65. The van der Waals surface area contributed by atoms with Crippen LogP contribution in [0, 0.1) is 5.92 Å². The summed E-state index contributed by atoms with van der Waals surface area (Å²) in [5.41, 5.74) is 0.261. The van der Waals surface area contributed by atoms with Gasteiger partial charge in [-0.3, -0.25) is 0 Å². The number of ether oxygens (including phenoxy) is 2. The van der Waals surface area contributed by atoms with Gasteiger partial charge in [-0.25, -0.2) is 4.79 Å². The molecule has 5 heteroatoms. The third-order valence-corrected chi connectivity index (χ3v) is 3.78. The standard InChI is InChI=1S/C17H25NO4/c1-17(2,3)22-16(20)18-10-9-12(11-18)15(19)13-7-5-6-8-14(13)21-4/h5-8,12,15,19H,9-11H2,1-4H3. The maximum Gasteiger partial charge on any atom is 0.410 e. The summed E-state index contributed by atoms with van der Waals surface area (Å²) in [6, 6.07) is 7.44. The minimum Gasteiger partial charge on any atom is -0.496 e. The number of hydrogen-bond donors (Lipinski definition) is 1. The van der Waals surface area contributed by atoms with Gasteiger partial charge < -0.3 is 19.5 Å². The number of aliphatic hydroxyl groups is 1. The number of rotatable bonds is 3. The molecule has 22 heavy (non-hydrogen) atoms. The van der Waals surface area contributed by atoms with E-state index in [1.807, 2.05) is 45.0 Å². The molecule has 122 valence electrons. The fourth-order valence-corrected chi connectivity index (χ4v) is 2.70. The second-order valence-electron chi connectivity index (χ2n) is 6.66. The van der Waals surface area contributed by atoms with Crippen molar-refractivity contribution in [3.05, 3.63) is 29.8 Å². The van der Waals surface area contributed by atoms with E-state index in [1.54, 1.807) is 12.0 Å². The van der Waals surface area contributed by atoms with E-state index in [1.165, 1.54) is 0 Å². The Morgan fingerprint density at radius 2 is 2.05 bits per heavy atom. The van der Waals surface area contributed by atoms with Crippen LogP contribution in [-0.4, -0.2) is 41.9 Å². The van der Waals surface area contributed by atoms with Crippen LogP contribution < -0.4 is 4.74 Å². The van der Waals surface area contributed by atoms with Gasteiger partial charge >= 0.3 is 6.09 Å². The van der Waals surface area contributed by atoms with Crippen LogP contribution in [0.25, 0.3) is 0 Å². The molecule has 0 radical (unpaired) electrons. The normalized spacial score (nSPS) is 19.9. The second kappa shape index (κ2) is 6.57. The Bertz CT molecular complexity index is 524. The SMILES string of the molecule is COc1ccccc1C(O)C1CCN(C(=O)OC(C)(C)C)C1. The van der Waals surface area contributed by atoms with Crippen LogP contribution in [0.1, 0.15) is 38.9 Å². The Morgan fingerprint density at radius 3 is 2.68 bits per heavy atom. The average molecular weight is 307 g/mol. The van der Waals surface area contributed by atoms with Crippen LogP contribution in [-0.2, 0) is 4.74 Å². The molecule has 5 nitrogen and oxygen atoms in total. The van der Waals surface area contributed by atoms with Crippen LogP contribution in [0.2, 0.25) is 0 Å². The van der Waals surface area contributed by atoms with Crippen LogP contribution in [0.5, 0.6) is 5.75 Å². The molecule has 1 fully saturated rings. The molecule has 0 aromatic heterocycles. The van der Waals surface area contributed by atoms with E-state index < -0.39 is 11.7 Å². The van der Waals surface area contributed by atoms with E-state index in [-0.39, 0.29) is 12.0 Å². The largest absolute Gasteiger partial charge is 0.496 e. The summed E-state index contributed by atoms with van der Waals surface area (Å²) < 4.78 is 10.7. The van der Waals surface area contributed by atoms with Crippen molar-refractivity contribution in [1.29, 1.82) is 0 Å². The predicted molar refractivity (Wildman–Crippen MR) is 83.9 cm³/mol. The molecule has 0 saturated carbocycles. The van der Waals surface area contributed by atoms with Crippen molar-refractivity contribution in [1.82, 2.24) is 4.90 Å². The van der Waals surface area contributed by atoms with Crippen molar-refractivity contribution in [3.8, 4) is 5.75 Å². The first kappa shape index (κ1) is 16.6. The summed E-state index contributed by atoms with van der Waals surface area (Å²) in [4.78, 5) is 13.7. The van der Waals surface area contributed by atoms with Crippen LogP contribution in [0.4, 0.5) is 4.79 Å². The highest BCUT2D eigenvalue weighted by Gasteiger charge is 2.34. The maximum atomic E-state index is 12.1. The van der Waals surface area contributed by atoms with Crippen molar-refractivity contribution < 1.29 is 19.4 Å². The van der Waals surface area contributed by atoms with Crippen LogP contribution >= 0.6 is 0 Å². The lowest BCUT2D eigenvalue weighted by Gasteiger charge is -2.25. The molecule has 2 atom stereocenters. The lowest BCUT2D eigenvalue weighted by atomic mass is 9.94. The molecule has 2 unspecified atom stereocenters. The van der Waals surface area contributed by atoms with E-state index in [2.05, 4.69) is 0 Å². The molecular formula is C17H25NO4. The summed E-state index contributed by atoms with van der Waals surface area (Å²) in [5.74, 6) is 0.662. The third kappa shape index (κ3) is 3.91. The molecule has 1 saturated heterocycles. The lowest BCUT2D eigenvalue weighted by Crippen LogP contribution is -2.35. The Balaban J connectivity index is 2.02. The van der Waals surface area contributed by atoms with Gasteiger partial charge in [-0.05, 0) is 33.3 Å². The second-order valence-corrected chi connectivity index (χ2v) is 6.66. The zero-order valence-electron chi connectivity index (χ0n) is 13.7. The number of carbonyl (C=O) groups is 1. The molecule has 1 aromatic carbocycles. The molecule has 1 heterocycles. The number of nitrogens with zero attached hydrogens (tertiary/aromatic N) is 1. The zero-order chi connectivity index (χ0) is 16.3. The number of methoxy groups -OCH3 is 1. The lowest BCUT2D eigenvalue weighted by molar-refractivity contribution is 0.0267. The van der Waals surface area contributed by atoms with Crippen molar-refractivity contribution in [2.45, 2.75) is 38.9 Å². The highest BCUT2D eigenvalue weighted by atomic mass is 16.6. The number of likely N-dealkylation sites (tertiary alicyclic amines) is 1. The smallest absolute Gasteiger partial charge is 0.410 e. The van der Waals surface area contributed by atoms with Gasteiger partial charge in [0.15, 0.2) is 0 Å². The molecule has 1 N–H and O–H groups in total. The van der Waals surface area contributed by atoms with E-state index in [0.717, 1.165) is 12.0 Å². The molecular weight excluding hydrogens is 282 g/mol. The number of hydrogen-bond acceptors (Lipinski definition) is 4. The molecule has 0 aliphatic carbocycles. The monoisotopic (exact) mass is 307 g/mol. The summed E-state index contributed by atoms with van der Waals surface area (Å²) >= 11 is 0. The number of benzene rings is 1. The van der Waals surface area contributed by atoms with Gasteiger partial charge in [-0.2, -0.15) is 0 Å². The van der Waals surface area contributed by atoms with E-state index in [4.69, 9.17) is 9.47 Å². The van der Waals surface area contributed by atoms with Gasteiger partial charge in [0.1, 0.15) is 11.4 Å². The van der Waals surface area contributed by atoms with E-state index >= 15 is 0 Å². The van der Waals surface area contributed by atoms with Gasteiger partial charge in [0, 0.05) is 24.6 Å². The van der Waals surface area contributed by atoms with Crippen LogP contribution in [0.15, 0.2) is 24.3 Å². The first-order chi connectivity index (χ1) is 10.3. The Labute approximate surface area is 131 Å². The number of para-hydroxylation sites is 1. The average Bonchev–Trinajstić information content (AvgIpc) is 2.94. The summed E-state index contributed by atoms with van der Waals surface area (Å²) in [7, 11) is 1.59. The van der Waals surface area contributed by atoms with E-state index in [9.17, 15) is 9.90 Å². The highest BCUT2D eigenvalue weighted by molar-refractivity contribution is 5.68. The molecule has 0 bridgehead atoms. The zero-order valence-corrected chi connectivity index (χ0v) is 13.7. The van der Waals surface area contributed by atoms with Gasteiger partial charge in [0.2, 0.25) is 0 Å². The minimum atomic E-state index is -0.649. The van der Waals surface area contributed by atoms with Gasteiger partial charge in [0.05, 0.1) is 13.2 Å². The summed E-state index contributed by atoms with van der Waals surface area (Å²) in [6.07, 6.45) is -0.218. The fraction of sp³-hybridized carbons (Fsp3) is 0.588. The van der Waals surface area contributed by atoms with Crippen molar-refractivity contribution in [2.75, 3.05) is 20.2 Å². The Kier molecular flexibility index (Phi) is 4.96. The maximum absolute atomic E-state index is 12.1. The topological polar surface area (TPSA) is 59.0 Å². The van der Waals surface area contributed by atoms with Gasteiger partial charge in [-0.15, -0.1) is 0 Å². The first-order valence-electron chi connectivity index (χ1n) is 7.60. The number of amides is 1. The highest BCUT2D eigenvalue weighted by Crippen LogP contribution is 2.35. The quantitative estimate of drug-likeness (QED) is 0.932. The number of carbonyl (C=O) groups excluding carboxylic acids is 1. The van der Waals surface area contributed by atoms with Gasteiger partial charge in [-0.1, -0.05) is 18.2 Å². The molecule has 1 aliphatic rings. The molecule has 1 aromatic rings. The molecule has 1 amide bonds. The van der Waals surface area contributed by atoms with Crippen molar-refractivity contribution >= 4 is 6.09 Å². The first-order valence-corrected chi connectivity index (χ1v) is 7.60. The molecule has 2 rings (SSSR count). The summed E-state index contributed by atoms with van der Waals surface area (Å²) in [5, 5.41) is 10.6. The Morgan fingerprint density at radius 1 is 1.36 bits per heavy atom. The third-order valence-electron chi connectivity index (χ3n) is 3.78. The fourth-order valence-electron chi connectivity index (χ4n) is 2.70. The van der Waals surface area contributed by atoms with Crippen LogP contribution in [0.3, 0.4) is 0 Å². The van der Waals surface area contributed by atoms with Crippen molar-refractivity contribution in [2.24, 2.45) is 5.92 Å². The molecule has 1 aliphatic heterocycles.